The summed E-state index contributed by atoms with van der Waals surface area (Å²) in [6, 6.07) is 3.75. The highest BCUT2D eigenvalue weighted by atomic mass is 79.9. The Morgan fingerprint density at radius 1 is 1.18 bits per heavy atom. The molecule has 0 heterocycles. The Hall–Kier alpha value is -0.890. The molecule has 0 amide bonds. The number of aliphatic hydroxyl groups excluding tert-OH is 1. The third kappa shape index (κ3) is 4.47. The van der Waals surface area contributed by atoms with Gasteiger partial charge in [0.1, 0.15) is 5.75 Å². The molecule has 0 aliphatic heterocycles. The van der Waals surface area contributed by atoms with Crippen LogP contribution in [-0.2, 0) is 0 Å². The maximum Gasteiger partial charge on any atom is 0.573 e. The molecular formula is C9H6BrF5O2. The number of ether oxygens (including phenoxy) is 1. The van der Waals surface area contributed by atoms with Gasteiger partial charge in [-0.25, -0.2) is 0 Å². The van der Waals surface area contributed by atoms with Crippen LogP contribution in [0.15, 0.2) is 24.3 Å². The summed E-state index contributed by atoms with van der Waals surface area (Å²) in [6.45, 7) is 0. The van der Waals surface area contributed by atoms with E-state index in [0.29, 0.717) is 6.07 Å². The van der Waals surface area contributed by atoms with Gasteiger partial charge in [0.2, 0.25) is 0 Å². The maximum absolute atomic E-state index is 12.7. The molecule has 0 radical (unpaired) electrons. The topological polar surface area (TPSA) is 29.5 Å². The first-order chi connectivity index (χ1) is 7.59. The number of aliphatic hydroxyl groups is 1. The third-order valence-electron chi connectivity index (χ3n) is 1.72. The van der Waals surface area contributed by atoms with Crippen molar-refractivity contribution in [1.29, 1.82) is 0 Å². The average molecular weight is 321 g/mol. The van der Waals surface area contributed by atoms with Crippen molar-refractivity contribution in [2.24, 2.45) is 0 Å². The van der Waals surface area contributed by atoms with Crippen LogP contribution in [-0.4, -0.2) is 16.3 Å². The number of rotatable bonds is 3. The van der Waals surface area contributed by atoms with Crippen LogP contribution in [0.3, 0.4) is 0 Å². The monoisotopic (exact) mass is 320 g/mol. The molecular weight excluding hydrogens is 315 g/mol. The quantitative estimate of drug-likeness (QED) is 0.681. The van der Waals surface area contributed by atoms with Crippen molar-refractivity contribution in [3.63, 3.8) is 0 Å². The van der Waals surface area contributed by atoms with Crippen LogP contribution in [0.4, 0.5) is 22.0 Å². The number of halogens is 6. The van der Waals surface area contributed by atoms with Gasteiger partial charge in [-0.05, 0) is 33.6 Å². The lowest BCUT2D eigenvalue weighted by molar-refractivity contribution is -0.274. The first-order valence-corrected chi connectivity index (χ1v) is 4.99. The molecule has 1 unspecified atom stereocenters. The Labute approximate surface area is 101 Å². The fourth-order valence-corrected chi connectivity index (χ4v) is 1.34. The minimum absolute atomic E-state index is 0.395. The molecule has 8 heteroatoms. The van der Waals surface area contributed by atoms with Gasteiger partial charge in [-0.3, -0.25) is 0 Å². The highest BCUT2D eigenvalue weighted by Gasteiger charge is 2.37. The molecule has 1 aromatic carbocycles. The van der Waals surface area contributed by atoms with Gasteiger partial charge in [0.05, 0.1) is 0 Å². The molecule has 1 N–H and O–H groups in total. The molecule has 17 heavy (non-hydrogen) atoms. The Balaban J connectivity index is 2.94. The molecule has 0 aromatic heterocycles. The Morgan fingerprint density at radius 2 is 1.76 bits per heavy atom. The van der Waals surface area contributed by atoms with Crippen molar-refractivity contribution in [3.8, 4) is 5.75 Å². The zero-order valence-electron chi connectivity index (χ0n) is 8.01. The van der Waals surface area contributed by atoms with Gasteiger partial charge >= 0.3 is 11.2 Å². The molecule has 1 atom stereocenters. The zero-order chi connectivity index (χ0) is 13.3. The van der Waals surface area contributed by atoms with Crippen molar-refractivity contribution in [3.05, 3.63) is 29.8 Å². The first-order valence-electron chi connectivity index (χ1n) is 4.20. The van der Waals surface area contributed by atoms with Crippen molar-refractivity contribution >= 4 is 15.9 Å². The summed E-state index contributed by atoms with van der Waals surface area (Å²) in [7, 11) is 0. The minimum atomic E-state index is -4.92. The van der Waals surface area contributed by atoms with Crippen LogP contribution in [0.5, 0.6) is 5.75 Å². The number of hydrogen-bond acceptors (Lipinski definition) is 2. The Kier molecular flexibility index (Phi) is 3.98. The number of hydrogen-bond donors (Lipinski definition) is 1. The van der Waals surface area contributed by atoms with Gasteiger partial charge in [0, 0.05) is 0 Å². The van der Waals surface area contributed by atoms with Crippen LogP contribution in [0, 0.1) is 0 Å². The highest BCUT2D eigenvalue weighted by molar-refractivity contribution is 9.10. The summed E-state index contributed by atoms with van der Waals surface area (Å²) in [6.07, 6.45) is -7.18. The second-order valence-electron chi connectivity index (χ2n) is 3.06. The minimum Gasteiger partial charge on any atom is -0.406 e. The maximum atomic E-state index is 12.7. The summed E-state index contributed by atoms with van der Waals surface area (Å²) >= 11 is 1.92. The lowest BCUT2D eigenvalue weighted by Crippen LogP contribution is -2.19. The van der Waals surface area contributed by atoms with E-state index in [1.807, 2.05) is 15.9 Å². The molecule has 1 aromatic rings. The highest BCUT2D eigenvalue weighted by Crippen LogP contribution is 2.37. The van der Waals surface area contributed by atoms with Crippen LogP contribution in [0.2, 0.25) is 0 Å². The fourth-order valence-electron chi connectivity index (χ4n) is 1.07. The molecule has 96 valence electrons. The van der Waals surface area contributed by atoms with E-state index in [-0.39, 0.29) is 0 Å². The number of alkyl halides is 6. The smallest absolute Gasteiger partial charge is 0.406 e. The zero-order valence-corrected chi connectivity index (χ0v) is 9.60. The van der Waals surface area contributed by atoms with Crippen LogP contribution < -0.4 is 4.74 Å². The lowest BCUT2D eigenvalue weighted by atomic mass is 10.1. The van der Waals surface area contributed by atoms with Gasteiger partial charge in [-0.2, -0.15) is 8.78 Å². The SMILES string of the molecule is OC(c1cccc(OC(F)(F)F)c1)C(F)(F)Br. The predicted molar refractivity (Wildman–Crippen MR) is 52.0 cm³/mol. The normalized spacial score (nSPS) is 14.5. The number of benzene rings is 1. The summed E-state index contributed by atoms with van der Waals surface area (Å²) in [5.41, 5.74) is -0.395. The molecule has 0 spiro atoms. The van der Waals surface area contributed by atoms with E-state index < -0.39 is 28.6 Å². The molecule has 0 saturated carbocycles. The van der Waals surface area contributed by atoms with E-state index in [0.717, 1.165) is 18.2 Å². The fraction of sp³-hybridized carbons (Fsp3) is 0.333. The van der Waals surface area contributed by atoms with Crippen LogP contribution in [0.25, 0.3) is 0 Å². The summed E-state index contributed by atoms with van der Waals surface area (Å²) in [5, 5.41) is 9.15. The Bertz CT molecular complexity index is 388. The molecule has 0 saturated heterocycles. The molecule has 1 rings (SSSR count). The average Bonchev–Trinajstić information content (AvgIpc) is 2.12. The van der Waals surface area contributed by atoms with Crippen molar-refractivity contribution in [2.45, 2.75) is 17.3 Å². The van der Waals surface area contributed by atoms with Crippen LogP contribution >= 0.6 is 15.9 Å². The summed E-state index contributed by atoms with van der Waals surface area (Å²) in [4.78, 5) is -3.64. The second-order valence-corrected chi connectivity index (χ2v) is 4.12. The first kappa shape index (κ1) is 14.2. The van der Waals surface area contributed by atoms with E-state index in [1.54, 1.807) is 0 Å². The second kappa shape index (κ2) is 4.77. The Morgan fingerprint density at radius 3 is 2.24 bits per heavy atom. The van der Waals surface area contributed by atoms with Gasteiger partial charge in [0.15, 0.2) is 6.10 Å². The largest absolute Gasteiger partial charge is 0.573 e. The van der Waals surface area contributed by atoms with Gasteiger partial charge in [0.25, 0.3) is 0 Å². The van der Waals surface area contributed by atoms with E-state index in [9.17, 15) is 22.0 Å². The van der Waals surface area contributed by atoms with E-state index in [2.05, 4.69) is 4.74 Å². The molecule has 0 aliphatic rings. The lowest BCUT2D eigenvalue weighted by Gasteiger charge is -2.17. The van der Waals surface area contributed by atoms with Crippen molar-refractivity contribution < 1.29 is 31.8 Å². The molecule has 0 fully saturated rings. The molecule has 0 bridgehead atoms. The molecule has 2 nitrogen and oxygen atoms in total. The standard InChI is InChI=1S/C9H6BrF5O2/c10-8(11,12)7(16)5-2-1-3-6(4-5)17-9(13,14)15/h1-4,7,16H. The van der Waals surface area contributed by atoms with Crippen LogP contribution in [0.1, 0.15) is 11.7 Å². The summed E-state index contributed by atoms with van der Waals surface area (Å²) in [5.74, 6) is -0.675. The van der Waals surface area contributed by atoms with E-state index in [4.69, 9.17) is 5.11 Å². The van der Waals surface area contributed by atoms with E-state index >= 15 is 0 Å². The predicted octanol–water partition coefficient (Wildman–Crippen LogP) is 3.61. The van der Waals surface area contributed by atoms with Crippen molar-refractivity contribution in [1.82, 2.24) is 0 Å². The van der Waals surface area contributed by atoms with Gasteiger partial charge in [-0.1, -0.05) is 12.1 Å². The third-order valence-corrected chi connectivity index (χ3v) is 2.15. The van der Waals surface area contributed by atoms with Gasteiger partial charge < -0.3 is 9.84 Å². The van der Waals surface area contributed by atoms with Gasteiger partial charge in [-0.15, -0.1) is 13.2 Å². The molecule has 0 aliphatic carbocycles. The van der Waals surface area contributed by atoms with E-state index in [1.165, 1.54) is 0 Å². The summed E-state index contributed by atoms with van der Waals surface area (Å²) < 4.78 is 64.5. The van der Waals surface area contributed by atoms with Crippen molar-refractivity contribution in [2.75, 3.05) is 0 Å².